The molecule has 0 aromatic carbocycles. The average molecular weight is 257 g/mol. The molecule has 0 heterocycles. The minimum atomic E-state index is -0.441. The first kappa shape index (κ1) is 16.7. The molecular weight excluding hydrogens is 230 g/mol. The monoisotopic (exact) mass is 257 g/mol. The lowest BCUT2D eigenvalue weighted by molar-refractivity contribution is 0.0899. The smallest absolute Gasteiger partial charge is 0.0593 e. The topological polar surface area (TPSA) is 21.7 Å². The van der Waals surface area contributed by atoms with Crippen LogP contribution >= 0.6 is 0 Å². The Kier molecular flexibility index (Phi) is 12.0. The van der Waals surface area contributed by atoms with E-state index in [0.717, 1.165) is 45.7 Å². The number of rotatable bonds is 12. The zero-order valence-corrected chi connectivity index (χ0v) is 12.6. The highest BCUT2D eigenvalue weighted by Gasteiger charge is 2.07. The highest BCUT2D eigenvalue weighted by molar-refractivity contribution is 6.62. The first-order valence-electron chi connectivity index (χ1n) is 6.40. The van der Waals surface area contributed by atoms with Crippen molar-refractivity contribution in [3.63, 3.8) is 0 Å². The predicted octanol–water partition coefficient (Wildman–Crippen LogP) is 1.95. The van der Waals surface area contributed by atoms with E-state index < -0.39 is 8.80 Å². The summed E-state index contributed by atoms with van der Waals surface area (Å²) >= 11 is 0. The molecule has 0 aromatic rings. The van der Waals surface area contributed by atoms with Crippen molar-refractivity contribution in [3.8, 4) is 0 Å². The first-order chi connectivity index (χ1) is 8.24. The van der Waals surface area contributed by atoms with Crippen molar-refractivity contribution >= 4 is 8.80 Å². The molecule has 0 saturated heterocycles. The molecule has 0 atom stereocenters. The molecule has 0 spiro atoms. The lowest BCUT2D eigenvalue weighted by Gasteiger charge is -2.26. The van der Waals surface area contributed by atoms with Gasteiger partial charge in [-0.05, 0) is 28.8 Å². The van der Waals surface area contributed by atoms with Gasteiger partial charge in [0, 0.05) is 26.3 Å². The molecule has 1 radical (unpaired) electrons. The molecule has 0 aliphatic heterocycles. The predicted molar refractivity (Wildman–Crippen MR) is 75.5 cm³/mol. The van der Waals surface area contributed by atoms with Gasteiger partial charge in [0.05, 0.1) is 13.2 Å². The van der Waals surface area contributed by atoms with Crippen molar-refractivity contribution in [1.29, 1.82) is 0 Å². The van der Waals surface area contributed by atoms with E-state index in [2.05, 4.69) is 24.1 Å². The maximum Gasteiger partial charge on any atom is 0.0593 e. The lowest BCUT2D eigenvalue weighted by Crippen LogP contribution is -2.38. The molecule has 0 aliphatic rings. The minimum absolute atomic E-state index is 0.441. The molecule has 17 heavy (non-hydrogen) atoms. The van der Waals surface area contributed by atoms with Crippen molar-refractivity contribution in [2.75, 3.05) is 45.7 Å². The second kappa shape index (κ2) is 12.2. The Morgan fingerprint density at radius 3 is 2.12 bits per heavy atom. The Labute approximate surface area is 108 Å². The maximum absolute atomic E-state index is 5.41. The van der Waals surface area contributed by atoms with Crippen LogP contribution in [0.25, 0.3) is 0 Å². The fourth-order valence-corrected chi connectivity index (χ4v) is 3.08. The average Bonchev–Trinajstić information content (AvgIpc) is 2.29. The third-order valence-corrected chi connectivity index (χ3v) is 4.14. The van der Waals surface area contributed by atoms with Crippen LogP contribution in [0.4, 0.5) is 0 Å². The molecule has 0 amide bonds. The normalized spacial score (nSPS) is 11.1. The van der Waals surface area contributed by atoms with Gasteiger partial charge in [0.2, 0.25) is 0 Å². The third-order valence-electron chi connectivity index (χ3n) is 2.39. The second-order valence-corrected chi connectivity index (χ2v) is 6.26. The van der Waals surface area contributed by atoms with E-state index in [1.165, 1.54) is 0 Å². The zero-order chi connectivity index (χ0) is 12.9. The maximum atomic E-state index is 5.41. The quantitative estimate of drug-likeness (QED) is 0.303. The van der Waals surface area contributed by atoms with Crippen molar-refractivity contribution < 1.29 is 9.47 Å². The summed E-state index contributed by atoms with van der Waals surface area (Å²) in [5.41, 5.74) is 0. The molecule has 0 saturated carbocycles. The van der Waals surface area contributed by atoms with Crippen LogP contribution in [0.15, 0.2) is 12.7 Å². The third kappa shape index (κ3) is 10.6. The molecule has 3 nitrogen and oxygen atoms in total. The summed E-state index contributed by atoms with van der Waals surface area (Å²) in [6.07, 6.45) is 3.05. The van der Waals surface area contributed by atoms with Crippen LogP contribution in [-0.4, -0.2) is 59.4 Å². The summed E-state index contributed by atoms with van der Waals surface area (Å²) in [4.78, 5) is 2.43. The molecule has 0 aliphatic carbocycles. The Balaban J connectivity index is 3.86. The van der Waals surface area contributed by atoms with Gasteiger partial charge in [0.1, 0.15) is 0 Å². The minimum Gasteiger partial charge on any atom is -0.380 e. The van der Waals surface area contributed by atoms with Gasteiger partial charge in [0.15, 0.2) is 0 Å². The Hall–Kier alpha value is -0.293. The van der Waals surface area contributed by atoms with Crippen molar-refractivity contribution in [2.45, 2.75) is 20.4 Å². The molecule has 0 aromatic heterocycles. The van der Waals surface area contributed by atoms with Gasteiger partial charge in [-0.25, -0.2) is 18.7 Å². The van der Waals surface area contributed by atoms with E-state index >= 15 is 0 Å². The Morgan fingerprint density at radius 1 is 1.18 bits per heavy atom. The van der Waals surface area contributed by atoms with E-state index in [0.29, 0.717) is 0 Å². The number of nitrogens with zero attached hydrogens (tertiary/aromatic N) is 1. The molecule has 0 bridgehead atoms. The van der Waals surface area contributed by atoms with Crippen LogP contribution in [0.2, 0.25) is 6.55 Å². The van der Waals surface area contributed by atoms with Gasteiger partial charge in [-0.3, -0.25) is 0 Å². The van der Waals surface area contributed by atoms with E-state index in [9.17, 15) is 0 Å². The second-order valence-electron chi connectivity index (χ2n) is 3.92. The van der Waals surface area contributed by atoms with Gasteiger partial charge < -0.3 is 14.4 Å². The summed E-state index contributed by atoms with van der Waals surface area (Å²) in [7, 11) is -0.441. The summed E-state index contributed by atoms with van der Waals surface area (Å²) in [6, 6.07) is 2.24. The summed E-state index contributed by atoms with van der Waals surface area (Å²) in [5.74, 6) is 0. The molecule has 0 unspecified atom stereocenters. The van der Waals surface area contributed by atoms with Gasteiger partial charge in [-0.1, -0.05) is 6.55 Å². The van der Waals surface area contributed by atoms with Gasteiger partial charge >= 0.3 is 0 Å². The number of hydrogen-bond acceptors (Lipinski definition) is 3. The van der Waals surface area contributed by atoms with Crippen LogP contribution in [0.3, 0.4) is 0 Å². The fraction of sp³-hybridized carbons (Fsp3) is 0.769. The van der Waals surface area contributed by atoms with Crippen LogP contribution in [0.5, 0.6) is 0 Å². The molecule has 0 N–H and O–H groups in total. The lowest BCUT2D eigenvalue weighted by atomic mass is 10.5. The first-order valence-corrected chi connectivity index (χ1v) is 8.69. The molecule has 4 heteroatoms. The number of ether oxygens (including phenoxy) is 2. The Bertz CT molecular complexity index is 169. The number of hydrogen-bond donors (Lipinski definition) is 0. The summed E-state index contributed by atoms with van der Waals surface area (Å²) in [5, 5.41) is 0. The molecule has 101 valence electrons. The van der Waals surface area contributed by atoms with E-state index in [4.69, 9.17) is 9.47 Å². The standard InChI is InChI=1S/C13H27NO2Si/c1-5-12-17(4)13-14(8-10-15-6-2)9-11-16-7-3/h5,12H,1,6-11,13H2,2-4H3/q-1. The number of allylic oxidation sites excluding steroid dienone is 1. The largest absolute Gasteiger partial charge is 0.380 e. The fourth-order valence-electron chi connectivity index (χ4n) is 1.55. The van der Waals surface area contributed by atoms with Crippen LogP contribution in [0.1, 0.15) is 13.8 Å². The summed E-state index contributed by atoms with van der Waals surface area (Å²) in [6.45, 7) is 15.3. The highest BCUT2D eigenvalue weighted by Crippen LogP contribution is 1.97. The zero-order valence-electron chi connectivity index (χ0n) is 11.6. The van der Waals surface area contributed by atoms with E-state index in [1.807, 2.05) is 19.9 Å². The summed E-state index contributed by atoms with van der Waals surface area (Å²) < 4.78 is 10.8. The SMILES string of the molecule is C=C[CH-][Si](C)CN(CCOCC)CCOCC. The molecule has 0 fully saturated rings. The molecular formula is C13H27NO2Si-. The van der Waals surface area contributed by atoms with Gasteiger partial charge in [-0.2, -0.15) is 0 Å². The van der Waals surface area contributed by atoms with Crippen LogP contribution in [-0.2, 0) is 9.47 Å². The van der Waals surface area contributed by atoms with Gasteiger partial charge in [0.25, 0.3) is 0 Å². The van der Waals surface area contributed by atoms with E-state index in [-0.39, 0.29) is 0 Å². The van der Waals surface area contributed by atoms with E-state index in [1.54, 1.807) is 0 Å². The Morgan fingerprint density at radius 2 is 1.71 bits per heavy atom. The van der Waals surface area contributed by atoms with Crippen molar-refractivity contribution in [2.24, 2.45) is 0 Å². The van der Waals surface area contributed by atoms with Gasteiger partial charge in [-0.15, -0.1) is 0 Å². The highest BCUT2D eigenvalue weighted by atomic mass is 28.3. The molecule has 0 rings (SSSR count). The van der Waals surface area contributed by atoms with Crippen LogP contribution < -0.4 is 0 Å². The van der Waals surface area contributed by atoms with Crippen LogP contribution in [0, 0.1) is 6.04 Å². The van der Waals surface area contributed by atoms with Crippen molar-refractivity contribution in [3.05, 3.63) is 18.7 Å². The van der Waals surface area contributed by atoms with Crippen molar-refractivity contribution in [1.82, 2.24) is 4.90 Å².